The molecule has 0 saturated heterocycles. The molecule has 1 aromatic carbocycles. The van der Waals surface area contributed by atoms with Gasteiger partial charge in [-0.15, -0.1) is 0 Å². The Bertz CT molecular complexity index is 399. The van der Waals surface area contributed by atoms with Crippen LogP contribution in [-0.2, 0) is 0 Å². The number of hydrogen-bond acceptors (Lipinski definition) is 1. The number of aliphatic imine (C=N–C) groups is 1. The lowest BCUT2D eigenvalue weighted by molar-refractivity contribution is -0.0558. The van der Waals surface area contributed by atoms with Crippen molar-refractivity contribution in [2.45, 2.75) is 13.1 Å². The highest BCUT2D eigenvalue weighted by Gasteiger charge is 2.34. The van der Waals surface area contributed by atoms with E-state index in [9.17, 15) is 13.2 Å². The number of hydrogen-bond donors (Lipinski definition) is 0. The van der Waals surface area contributed by atoms with Crippen LogP contribution in [0.4, 0.5) is 18.9 Å². The first-order chi connectivity index (χ1) is 6.80. The second-order valence-electron chi connectivity index (χ2n) is 2.83. The monoisotopic (exact) mass is 255 g/mol. The van der Waals surface area contributed by atoms with E-state index < -0.39 is 11.3 Å². The molecule has 15 heavy (non-hydrogen) atoms. The van der Waals surface area contributed by atoms with Crippen LogP contribution in [0.15, 0.2) is 23.2 Å². The van der Waals surface area contributed by atoms with E-state index in [0.717, 1.165) is 0 Å². The number of benzene rings is 1. The van der Waals surface area contributed by atoms with E-state index in [1.165, 1.54) is 18.2 Å². The van der Waals surface area contributed by atoms with Crippen molar-refractivity contribution >= 4 is 34.1 Å². The van der Waals surface area contributed by atoms with Crippen LogP contribution in [0.25, 0.3) is 0 Å². The molecule has 0 fully saturated rings. The normalized spacial score (nSPS) is 13.1. The Morgan fingerprint density at radius 2 is 1.93 bits per heavy atom. The van der Waals surface area contributed by atoms with Gasteiger partial charge in [-0.25, -0.2) is 4.99 Å². The Kier molecular flexibility index (Phi) is 3.62. The quantitative estimate of drug-likeness (QED) is 0.657. The molecule has 0 saturated carbocycles. The van der Waals surface area contributed by atoms with E-state index in [0.29, 0.717) is 10.6 Å². The molecule has 1 rings (SSSR count). The highest BCUT2D eigenvalue weighted by Crippen LogP contribution is 2.26. The fourth-order valence-corrected chi connectivity index (χ4v) is 1.09. The predicted molar refractivity (Wildman–Crippen MR) is 55.2 cm³/mol. The van der Waals surface area contributed by atoms with E-state index in [1.807, 2.05) is 0 Å². The van der Waals surface area contributed by atoms with Gasteiger partial charge in [0, 0.05) is 5.02 Å². The van der Waals surface area contributed by atoms with Gasteiger partial charge in [0.2, 0.25) is 5.17 Å². The van der Waals surface area contributed by atoms with Gasteiger partial charge in [-0.2, -0.15) is 13.2 Å². The first-order valence-electron chi connectivity index (χ1n) is 3.88. The Hall–Kier alpha value is -0.740. The maximum atomic E-state index is 12.0. The van der Waals surface area contributed by atoms with Crippen LogP contribution in [0.5, 0.6) is 0 Å². The van der Waals surface area contributed by atoms with Crippen molar-refractivity contribution in [1.82, 2.24) is 0 Å². The first kappa shape index (κ1) is 12.3. The number of rotatable bonds is 1. The molecule has 0 amide bonds. The Balaban J connectivity index is 3.04. The van der Waals surface area contributed by atoms with Crippen molar-refractivity contribution in [2.24, 2.45) is 4.99 Å². The summed E-state index contributed by atoms with van der Waals surface area (Å²) in [5.41, 5.74) is 0.767. The molecule has 0 aliphatic rings. The van der Waals surface area contributed by atoms with E-state index in [2.05, 4.69) is 4.99 Å². The molecule has 82 valence electrons. The maximum Gasteiger partial charge on any atom is 0.444 e. The summed E-state index contributed by atoms with van der Waals surface area (Å²) in [4.78, 5) is 3.23. The highest BCUT2D eigenvalue weighted by molar-refractivity contribution is 6.67. The van der Waals surface area contributed by atoms with Crippen molar-refractivity contribution in [1.29, 1.82) is 0 Å². The lowest BCUT2D eigenvalue weighted by Gasteiger charge is -2.04. The van der Waals surface area contributed by atoms with Gasteiger partial charge in [-0.3, -0.25) is 0 Å². The summed E-state index contributed by atoms with van der Waals surface area (Å²) >= 11 is 10.7. The highest BCUT2D eigenvalue weighted by atomic mass is 35.5. The van der Waals surface area contributed by atoms with Crippen molar-refractivity contribution in [2.75, 3.05) is 0 Å². The van der Waals surface area contributed by atoms with E-state index in [1.54, 1.807) is 6.92 Å². The summed E-state index contributed by atoms with van der Waals surface area (Å²) in [7, 11) is 0. The van der Waals surface area contributed by atoms with Crippen molar-refractivity contribution in [3.63, 3.8) is 0 Å². The molecule has 0 heterocycles. The van der Waals surface area contributed by atoms with Gasteiger partial charge in [-0.1, -0.05) is 23.2 Å². The zero-order valence-corrected chi connectivity index (χ0v) is 9.08. The van der Waals surface area contributed by atoms with E-state index in [-0.39, 0.29) is 5.69 Å². The molecule has 0 aliphatic heterocycles. The molecule has 0 spiro atoms. The number of alkyl halides is 3. The van der Waals surface area contributed by atoms with Gasteiger partial charge in [0.1, 0.15) is 0 Å². The molecule has 1 nitrogen and oxygen atoms in total. The number of nitrogens with zero attached hydrogens (tertiary/aromatic N) is 1. The summed E-state index contributed by atoms with van der Waals surface area (Å²) in [6.07, 6.45) is -4.62. The number of aryl methyl sites for hydroxylation is 1. The minimum atomic E-state index is -4.62. The molecule has 6 heteroatoms. The fraction of sp³-hybridized carbons (Fsp3) is 0.222. The zero-order chi connectivity index (χ0) is 11.6. The average molecular weight is 256 g/mol. The van der Waals surface area contributed by atoms with Crippen molar-refractivity contribution in [3.8, 4) is 0 Å². The second kappa shape index (κ2) is 4.41. The van der Waals surface area contributed by atoms with Gasteiger partial charge in [0.05, 0.1) is 5.69 Å². The lowest BCUT2D eigenvalue weighted by Crippen LogP contribution is -2.16. The van der Waals surface area contributed by atoms with Crippen molar-refractivity contribution in [3.05, 3.63) is 28.8 Å². The third-order valence-corrected chi connectivity index (χ3v) is 2.33. The molecular weight excluding hydrogens is 250 g/mol. The Labute approximate surface area is 94.5 Å². The molecule has 0 aromatic heterocycles. The molecule has 0 unspecified atom stereocenters. The van der Waals surface area contributed by atoms with E-state index in [4.69, 9.17) is 23.2 Å². The van der Waals surface area contributed by atoms with Gasteiger partial charge >= 0.3 is 6.18 Å². The predicted octanol–water partition coefficient (Wildman–Crippen LogP) is 4.48. The second-order valence-corrected chi connectivity index (χ2v) is 3.60. The third-order valence-electron chi connectivity index (χ3n) is 1.60. The van der Waals surface area contributed by atoms with E-state index >= 15 is 0 Å². The lowest BCUT2D eigenvalue weighted by atomic mass is 10.2. The SMILES string of the molecule is Cc1cc(N=C(Cl)C(F)(F)F)ccc1Cl. The average Bonchev–Trinajstić information content (AvgIpc) is 2.10. The zero-order valence-electron chi connectivity index (χ0n) is 7.57. The van der Waals surface area contributed by atoms with Gasteiger partial charge in [0.15, 0.2) is 0 Å². The summed E-state index contributed by atoms with van der Waals surface area (Å²) in [6, 6.07) is 4.26. The Morgan fingerprint density at radius 1 is 1.33 bits per heavy atom. The smallest absolute Gasteiger partial charge is 0.232 e. The summed E-state index contributed by atoms with van der Waals surface area (Å²) < 4.78 is 36.1. The van der Waals surface area contributed by atoms with Crippen LogP contribution in [0, 0.1) is 6.92 Å². The van der Waals surface area contributed by atoms with Crippen LogP contribution >= 0.6 is 23.2 Å². The Morgan fingerprint density at radius 3 is 2.40 bits per heavy atom. The topological polar surface area (TPSA) is 12.4 Å². The summed E-state index contributed by atoms with van der Waals surface area (Å²) in [5.74, 6) is 0. The van der Waals surface area contributed by atoms with Crippen LogP contribution in [-0.4, -0.2) is 11.3 Å². The van der Waals surface area contributed by atoms with Crippen LogP contribution < -0.4 is 0 Å². The molecule has 1 aromatic rings. The summed E-state index contributed by atoms with van der Waals surface area (Å²) in [5, 5.41) is -0.929. The van der Waals surface area contributed by atoms with Crippen molar-refractivity contribution < 1.29 is 13.2 Å². The molecule has 0 N–H and O–H groups in total. The van der Waals surface area contributed by atoms with Gasteiger partial charge in [-0.05, 0) is 30.7 Å². The molecule has 0 radical (unpaired) electrons. The third kappa shape index (κ3) is 3.39. The molecule has 0 aliphatic carbocycles. The number of halogens is 5. The van der Waals surface area contributed by atoms with Gasteiger partial charge < -0.3 is 0 Å². The van der Waals surface area contributed by atoms with Crippen LogP contribution in [0.2, 0.25) is 5.02 Å². The van der Waals surface area contributed by atoms with Crippen LogP contribution in [0.1, 0.15) is 5.56 Å². The molecule has 0 bridgehead atoms. The fourth-order valence-electron chi connectivity index (χ4n) is 0.875. The standard InChI is InChI=1S/C9H6Cl2F3N/c1-5-4-6(2-3-7(5)10)15-8(11)9(12,13)14/h2-4H,1H3. The van der Waals surface area contributed by atoms with Crippen LogP contribution in [0.3, 0.4) is 0 Å². The van der Waals surface area contributed by atoms with Gasteiger partial charge in [0.25, 0.3) is 0 Å². The largest absolute Gasteiger partial charge is 0.444 e. The molecule has 0 atom stereocenters. The first-order valence-corrected chi connectivity index (χ1v) is 4.64. The minimum Gasteiger partial charge on any atom is -0.232 e. The minimum absolute atomic E-state index is 0.124. The summed E-state index contributed by atoms with van der Waals surface area (Å²) in [6.45, 7) is 1.67. The molecular formula is C9H6Cl2F3N. The maximum absolute atomic E-state index is 12.0.